The number of amides is 2. The molecule has 0 bridgehead atoms. The highest BCUT2D eigenvalue weighted by Gasteiger charge is 2.68. The van der Waals surface area contributed by atoms with Gasteiger partial charge >= 0.3 is 0 Å². The van der Waals surface area contributed by atoms with E-state index in [1.54, 1.807) is 13.8 Å². The second-order valence-electron chi connectivity index (χ2n) is 8.09. The Morgan fingerprint density at radius 3 is 2.36 bits per heavy atom. The minimum absolute atomic E-state index is 0.211. The Balaban J connectivity index is 2.51. The maximum atomic E-state index is 13.1. The molecule has 2 saturated heterocycles. The van der Waals surface area contributed by atoms with Gasteiger partial charge in [-0.3, -0.25) is 14.5 Å². The number of hydrogen-bond donors (Lipinski definition) is 2. The Morgan fingerprint density at radius 2 is 1.91 bits per heavy atom. The summed E-state index contributed by atoms with van der Waals surface area (Å²) in [5, 5.41) is 13.8. The fourth-order valence-electron chi connectivity index (χ4n) is 3.08. The summed E-state index contributed by atoms with van der Waals surface area (Å²) in [5.41, 5.74) is -1.69. The molecular formula is C16H28N2O4. The van der Waals surface area contributed by atoms with E-state index in [4.69, 9.17) is 4.74 Å². The standard InChI is InChI=1S/C16H28N2O4/c1-9(2)8-11-12(19)17-10(3)16(21)18(11)13(20)15(7,22-16)14(4,5)6/h9-11,21H,8H2,1-7H3,(H,17,19)/t10-,11-,15+,16-/m0/s1. The van der Waals surface area contributed by atoms with Gasteiger partial charge in [0.25, 0.3) is 11.8 Å². The van der Waals surface area contributed by atoms with E-state index in [1.807, 2.05) is 34.6 Å². The first-order chi connectivity index (χ1) is 9.84. The fourth-order valence-corrected chi connectivity index (χ4v) is 3.08. The van der Waals surface area contributed by atoms with E-state index in [-0.39, 0.29) is 17.7 Å². The normalized spacial score (nSPS) is 39.2. The maximum absolute atomic E-state index is 13.1. The number of fused-ring (bicyclic) bond motifs is 1. The molecule has 2 rings (SSSR count). The smallest absolute Gasteiger partial charge is 0.274 e. The Morgan fingerprint density at radius 1 is 1.36 bits per heavy atom. The predicted molar refractivity (Wildman–Crippen MR) is 81.6 cm³/mol. The van der Waals surface area contributed by atoms with Crippen LogP contribution in [-0.4, -0.2) is 45.4 Å². The number of nitrogens with zero attached hydrogens (tertiary/aromatic N) is 1. The van der Waals surface area contributed by atoms with Gasteiger partial charge in [-0.05, 0) is 31.6 Å². The third-order valence-corrected chi connectivity index (χ3v) is 4.99. The van der Waals surface area contributed by atoms with Crippen LogP contribution in [0.1, 0.15) is 54.9 Å². The van der Waals surface area contributed by atoms with E-state index < -0.39 is 29.0 Å². The first-order valence-corrected chi connectivity index (χ1v) is 7.91. The molecule has 126 valence electrons. The summed E-state index contributed by atoms with van der Waals surface area (Å²) in [6.45, 7) is 13.0. The van der Waals surface area contributed by atoms with Crippen LogP contribution < -0.4 is 5.32 Å². The topological polar surface area (TPSA) is 78.9 Å². The average molecular weight is 312 g/mol. The van der Waals surface area contributed by atoms with Gasteiger partial charge in [0.05, 0.1) is 0 Å². The monoisotopic (exact) mass is 312 g/mol. The minimum atomic E-state index is -1.80. The number of hydrogen-bond acceptors (Lipinski definition) is 4. The predicted octanol–water partition coefficient (Wildman–Crippen LogP) is 1.23. The zero-order valence-corrected chi connectivity index (χ0v) is 14.6. The summed E-state index contributed by atoms with van der Waals surface area (Å²) in [7, 11) is 0. The quantitative estimate of drug-likeness (QED) is 0.804. The maximum Gasteiger partial charge on any atom is 0.274 e. The lowest BCUT2D eigenvalue weighted by molar-refractivity contribution is -0.308. The number of ether oxygens (including phenoxy) is 1. The molecule has 0 aromatic carbocycles. The first-order valence-electron chi connectivity index (χ1n) is 7.91. The molecule has 2 aliphatic heterocycles. The number of carbonyl (C=O) groups is 2. The Bertz CT molecular complexity index is 499. The SMILES string of the molecule is CC(C)C[C@H]1C(=O)N[C@@H](C)[C@]2(O)O[C@@](C)(C(C)(C)C)C(=O)N12. The molecule has 0 spiro atoms. The van der Waals surface area contributed by atoms with Crippen LogP contribution in [0.15, 0.2) is 0 Å². The summed E-state index contributed by atoms with van der Waals surface area (Å²) in [6.07, 6.45) is 0.482. The van der Waals surface area contributed by atoms with Gasteiger partial charge in [-0.1, -0.05) is 34.6 Å². The van der Waals surface area contributed by atoms with Gasteiger partial charge in [-0.15, -0.1) is 0 Å². The van der Waals surface area contributed by atoms with Crippen LogP contribution in [-0.2, 0) is 14.3 Å². The lowest BCUT2D eigenvalue weighted by Gasteiger charge is -2.45. The Hall–Kier alpha value is -1.14. The van der Waals surface area contributed by atoms with Gasteiger partial charge in [0, 0.05) is 0 Å². The van der Waals surface area contributed by atoms with Crippen LogP contribution in [0, 0.1) is 11.3 Å². The van der Waals surface area contributed by atoms with Crippen molar-refractivity contribution in [3.63, 3.8) is 0 Å². The van der Waals surface area contributed by atoms with Crippen LogP contribution in [0.2, 0.25) is 0 Å². The molecule has 2 N–H and O–H groups in total. The van der Waals surface area contributed by atoms with Crippen molar-refractivity contribution in [2.24, 2.45) is 11.3 Å². The van der Waals surface area contributed by atoms with E-state index in [9.17, 15) is 14.7 Å². The van der Waals surface area contributed by atoms with Gasteiger partial charge < -0.3 is 15.2 Å². The third kappa shape index (κ3) is 2.24. The molecule has 0 aliphatic carbocycles. The van der Waals surface area contributed by atoms with Gasteiger partial charge in [0.1, 0.15) is 12.1 Å². The summed E-state index contributed by atoms with van der Waals surface area (Å²) >= 11 is 0. The number of piperazine rings is 1. The zero-order valence-electron chi connectivity index (χ0n) is 14.6. The highest BCUT2D eigenvalue weighted by Crippen LogP contribution is 2.48. The van der Waals surface area contributed by atoms with Crippen LogP contribution in [0.4, 0.5) is 0 Å². The second kappa shape index (κ2) is 4.93. The molecule has 0 saturated carbocycles. The molecule has 0 radical (unpaired) electrons. The largest absolute Gasteiger partial charge is 0.347 e. The van der Waals surface area contributed by atoms with Crippen molar-refractivity contribution in [1.82, 2.24) is 10.2 Å². The average Bonchev–Trinajstić information content (AvgIpc) is 2.55. The highest BCUT2D eigenvalue weighted by molar-refractivity contribution is 5.95. The Labute approximate surface area is 132 Å². The molecule has 0 aromatic rings. The molecule has 2 amide bonds. The van der Waals surface area contributed by atoms with Gasteiger partial charge in [0.15, 0.2) is 5.60 Å². The van der Waals surface area contributed by atoms with Crippen molar-refractivity contribution >= 4 is 11.8 Å². The summed E-state index contributed by atoms with van der Waals surface area (Å²) in [5.74, 6) is -2.15. The van der Waals surface area contributed by atoms with Crippen LogP contribution >= 0.6 is 0 Å². The van der Waals surface area contributed by atoms with E-state index in [2.05, 4.69) is 5.32 Å². The van der Waals surface area contributed by atoms with Crippen LogP contribution in [0.5, 0.6) is 0 Å². The van der Waals surface area contributed by atoms with Crippen molar-refractivity contribution in [2.45, 2.75) is 78.5 Å². The summed E-state index contributed by atoms with van der Waals surface area (Å²) < 4.78 is 5.91. The Kier molecular flexibility index (Phi) is 3.86. The lowest BCUT2D eigenvalue weighted by atomic mass is 9.77. The molecule has 0 unspecified atom stereocenters. The number of aliphatic hydroxyl groups is 1. The molecule has 4 atom stereocenters. The van der Waals surface area contributed by atoms with Crippen LogP contribution in [0.25, 0.3) is 0 Å². The number of nitrogens with one attached hydrogen (secondary N) is 1. The van der Waals surface area contributed by atoms with Crippen molar-refractivity contribution in [2.75, 3.05) is 0 Å². The zero-order chi connectivity index (χ0) is 17.1. The van der Waals surface area contributed by atoms with E-state index in [0.29, 0.717) is 6.42 Å². The third-order valence-electron chi connectivity index (χ3n) is 4.99. The van der Waals surface area contributed by atoms with E-state index in [1.165, 1.54) is 4.90 Å². The van der Waals surface area contributed by atoms with Gasteiger partial charge in [0.2, 0.25) is 5.91 Å². The molecule has 2 fully saturated rings. The first kappa shape index (κ1) is 17.2. The summed E-state index contributed by atoms with van der Waals surface area (Å²) in [4.78, 5) is 26.7. The molecule has 2 heterocycles. The van der Waals surface area contributed by atoms with Gasteiger partial charge in [-0.25, -0.2) is 0 Å². The minimum Gasteiger partial charge on any atom is -0.347 e. The van der Waals surface area contributed by atoms with Crippen LogP contribution in [0.3, 0.4) is 0 Å². The van der Waals surface area contributed by atoms with Gasteiger partial charge in [-0.2, -0.15) is 0 Å². The van der Waals surface area contributed by atoms with Crippen molar-refractivity contribution in [1.29, 1.82) is 0 Å². The summed E-state index contributed by atoms with van der Waals surface area (Å²) in [6, 6.07) is -1.39. The molecule has 22 heavy (non-hydrogen) atoms. The highest BCUT2D eigenvalue weighted by atomic mass is 16.7. The lowest BCUT2D eigenvalue weighted by Crippen LogP contribution is -2.71. The molecule has 6 heteroatoms. The van der Waals surface area contributed by atoms with Crippen molar-refractivity contribution < 1.29 is 19.4 Å². The van der Waals surface area contributed by atoms with E-state index in [0.717, 1.165) is 0 Å². The number of rotatable bonds is 2. The van der Waals surface area contributed by atoms with Crippen molar-refractivity contribution in [3.05, 3.63) is 0 Å². The second-order valence-corrected chi connectivity index (χ2v) is 8.09. The van der Waals surface area contributed by atoms with E-state index >= 15 is 0 Å². The molecular weight excluding hydrogens is 284 g/mol. The molecule has 6 nitrogen and oxygen atoms in total. The molecule has 0 aromatic heterocycles. The molecule has 2 aliphatic rings. The van der Waals surface area contributed by atoms with Crippen molar-refractivity contribution in [3.8, 4) is 0 Å². The number of carbonyl (C=O) groups excluding carboxylic acids is 2. The fraction of sp³-hybridized carbons (Fsp3) is 0.875.